The molecule has 1 aromatic carbocycles. The van der Waals surface area contributed by atoms with E-state index in [1.54, 1.807) is 0 Å². The number of aryl methyl sites for hydroxylation is 1. The molecule has 0 saturated carbocycles. The van der Waals surface area contributed by atoms with Crippen LogP contribution in [0.2, 0.25) is 0 Å². The monoisotopic (exact) mass is 261 g/mol. The van der Waals surface area contributed by atoms with Crippen molar-refractivity contribution < 1.29 is 0 Å². The Hall–Kier alpha value is -1.20. The Kier molecular flexibility index (Phi) is 3.13. The summed E-state index contributed by atoms with van der Waals surface area (Å²) < 4.78 is 2.12. The zero-order valence-electron chi connectivity index (χ0n) is 8.63. The summed E-state index contributed by atoms with van der Waals surface area (Å²) in [6, 6.07) is 8.44. The van der Waals surface area contributed by atoms with Crippen molar-refractivity contribution in [2.75, 3.05) is 5.33 Å². The second kappa shape index (κ2) is 4.55. The van der Waals surface area contributed by atoms with Gasteiger partial charge in [0.2, 0.25) is 0 Å². The van der Waals surface area contributed by atoms with E-state index in [9.17, 15) is 0 Å². The van der Waals surface area contributed by atoms with Gasteiger partial charge in [-0.2, -0.15) is 0 Å². The van der Waals surface area contributed by atoms with Crippen LogP contribution in [0.25, 0.3) is 10.9 Å². The molecule has 0 unspecified atom stereocenters. The van der Waals surface area contributed by atoms with Gasteiger partial charge in [0.05, 0.1) is 0 Å². The van der Waals surface area contributed by atoms with Crippen molar-refractivity contribution in [2.24, 2.45) is 7.05 Å². The second-order valence-corrected chi connectivity index (χ2v) is 4.23. The number of hydrogen-bond donors (Lipinski definition) is 0. The third-order valence-electron chi connectivity index (χ3n) is 2.34. The van der Waals surface area contributed by atoms with Crippen molar-refractivity contribution >= 4 is 26.8 Å². The molecular weight excluding hydrogens is 250 g/mol. The van der Waals surface area contributed by atoms with Crippen molar-refractivity contribution in [1.82, 2.24) is 4.57 Å². The lowest BCUT2D eigenvalue weighted by Gasteiger charge is -1.96. The van der Waals surface area contributed by atoms with E-state index in [1.165, 1.54) is 10.9 Å². The highest BCUT2D eigenvalue weighted by Crippen LogP contribution is 2.15. The van der Waals surface area contributed by atoms with Crippen LogP contribution in [0, 0.1) is 11.8 Å². The molecule has 0 spiro atoms. The average Bonchev–Trinajstić information content (AvgIpc) is 2.61. The number of aromatic nitrogens is 1. The standard InChI is InChI=1S/C13H12BrN/c1-15-9-7-12-10-11(4-2-3-8-14)5-6-13(12)15/h5-7,9-10H,3,8H2,1H3. The maximum atomic E-state index is 3.36. The molecule has 0 saturated heterocycles. The summed E-state index contributed by atoms with van der Waals surface area (Å²) in [7, 11) is 2.05. The van der Waals surface area contributed by atoms with Crippen LogP contribution in [-0.2, 0) is 7.05 Å². The minimum Gasteiger partial charge on any atom is -0.351 e. The van der Waals surface area contributed by atoms with Gasteiger partial charge in [0.15, 0.2) is 0 Å². The lowest BCUT2D eigenvalue weighted by Crippen LogP contribution is -1.83. The van der Waals surface area contributed by atoms with Crippen LogP contribution >= 0.6 is 15.9 Å². The van der Waals surface area contributed by atoms with E-state index in [-0.39, 0.29) is 0 Å². The Balaban J connectivity index is 2.36. The molecule has 0 fully saturated rings. The molecule has 0 atom stereocenters. The first-order valence-corrected chi connectivity index (χ1v) is 6.03. The topological polar surface area (TPSA) is 4.93 Å². The zero-order chi connectivity index (χ0) is 10.7. The molecule has 1 heterocycles. The summed E-state index contributed by atoms with van der Waals surface area (Å²) in [4.78, 5) is 0. The lowest BCUT2D eigenvalue weighted by atomic mass is 10.1. The third kappa shape index (κ3) is 2.24. The summed E-state index contributed by atoms with van der Waals surface area (Å²) in [5, 5.41) is 2.19. The molecular formula is C13H12BrN. The molecule has 0 N–H and O–H groups in total. The Morgan fingerprint density at radius 2 is 2.20 bits per heavy atom. The maximum absolute atomic E-state index is 3.36. The van der Waals surface area contributed by atoms with Crippen molar-refractivity contribution in [3.8, 4) is 11.8 Å². The van der Waals surface area contributed by atoms with E-state index < -0.39 is 0 Å². The maximum Gasteiger partial charge on any atom is 0.0478 e. The molecule has 76 valence electrons. The van der Waals surface area contributed by atoms with Crippen molar-refractivity contribution in [1.29, 1.82) is 0 Å². The van der Waals surface area contributed by atoms with Crippen molar-refractivity contribution in [3.63, 3.8) is 0 Å². The van der Waals surface area contributed by atoms with E-state index in [0.717, 1.165) is 17.3 Å². The highest BCUT2D eigenvalue weighted by Gasteiger charge is 1.97. The molecule has 2 aromatic rings. The summed E-state index contributed by atoms with van der Waals surface area (Å²) in [5.41, 5.74) is 2.34. The van der Waals surface area contributed by atoms with Gasteiger partial charge in [-0.05, 0) is 24.3 Å². The van der Waals surface area contributed by atoms with Gasteiger partial charge in [-0.1, -0.05) is 27.8 Å². The lowest BCUT2D eigenvalue weighted by molar-refractivity contribution is 0.969. The molecule has 15 heavy (non-hydrogen) atoms. The van der Waals surface area contributed by atoms with Gasteiger partial charge < -0.3 is 4.57 Å². The SMILES string of the molecule is Cn1ccc2cc(C#CCCBr)ccc21. The van der Waals surface area contributed by atoms with E-state index >= 15 is 0 Å². The van der Waals surface area contributed by atoms with Crippen LogP contribution in [0.4, 0.5) is 0 Å². The predicted octanol–water partition coefficient (Wildman–Crippen LogP) is 3.31. The number of rotatable bonds is 1. The molecule has 0 aliphatic heterocycles. The first-order chi connectivity index (χ1) is 7.31. The second-order valence-electron chi connectivity index (χ2n) is 3.44. The summed E-state index contributed by atoms with van der Waals surface area (Å²) in [5.74, 6) is 6.28. The smallest absolute Gasteiger partial charge is 0.0478 e. The van der Waals surface area contributed by atoms with E-state index in [2.05, 4.69) is 69.8 Å². The highest BCUT2D eigenvalue weighted by molar-refractivity contribution is 9.09. The van der Waals surface area contributed by atoms with Crippen LogP contribution < -0.4 is 0 Å². The van der Waals surface area contributed by atoms with Gasteiger partial charge in [0.25, 0.3) is 0 Å². The van der Waals surface area contributed by atoms with Crippen LogP contribution in [0.3, 0.4) is 0 Å². The molecule has 1 aromatic heterocycles. The van der Waals surface area contributed by atoms with Gasteiger partial charge in [0, 0.05) is 41.5 Å². The van der Waals surface area contributed by atoms with Crippen molar-refractivity contribution in [3.05, 3.63) is 36.0 Å². The molecule has 2 heteroatoms. The number of hydrogen-bond acceptors (Lipinski definition) is 0. The van der Waals surface area contributed by atoms with Crippen LogP contribution in [-0.4, -0.2) is 9.90 Å². The quantitative estimate of drug-likeness (QED) is 0.549. The minimum absolute atomic E-state index is 0.896. The van der Waals surface area contributed by atoms with Crippen LogP contribution in [0.1, 0.15) is 12.0 Å². The van der Waals surface area contributed by atoms with E-state index in [1.807, 2.05) is 0 Å². The molecule has 0 bridgehead atoms. The number of benzene rings is 1. The predicted molar refractivity (Wildman–Crippen MR) is 68.2 cm³/mol. The molecule has 0 aliphatic carbocycles. The summed E-state index contributed by atoms with van der Waals surface area (Å²) in [6.07, 6.45) is 2.97. The molecule has 0 radical (unpaired) electrons. The minimum atomic E-state index is 0.896. The highest BCUT2D eigenvalue weighted by atomic mass is 79.9. The van der Waals surface area contributed by atoms with Crippen LogP contribution in [0.5, 0.6) is 0 Å². The van der Waals surface area contributed by atoms with Gasteiger partial charge in [-0.3, -0.25) is 0 Å². The number of halogens is 1. The Labute approximate surface area is 98.2 Å². The Morgan fingerprint density at radius 3 is 3.00 bits per heavy atom. The third-order valence-corrected chi connectivity index (χ3v) is 2.73. The first-order valence-electron chi connectivity index (χ1n) is 4.91. The Bertz CT molecular complexity index is 528. The number of fused-ring (bicyclic) bond motifs is 1. The first kappa shape index (κ1) is 10.3. The summed E-state index contributed by atoms with van der Waals surface area (Å²) >= 11 is 3.36. The van der Waals surface area contributed by atoms with Crippen molar-refractivity contribution in [2.45, 2.75) is 6.42 Å². The fourth-order valence-corrected chi connectivity index (χ4v) is 1.77. The normalized spacial score (nSPS) is 10.0. The van der Waals surface area contributed by atoms with Gasteiger partial charge >= 0.3 is 0 Å². The zero-order valence-corrected chi connectivity index (χ0v) is 10.2. The van der Waals surface area contributed by atoms with Gasteiger partial charge in [-0.25, -0.2) is 0 Å². The molecule has 0 aliphatic rings. The fourth-order valence-electron chi connectivity index (χ4n) is 1.57. The van der Waals surface area contributed by atoms with Gasteiger partial charge in [-0.15, -0.1) is 0 Å². The van der Waals surface area contributed by atoms with Crippen LogP contribution in [0.15, 0.2) is 30.5 Å². The van der Waals surface area contributed by atoms with E-state index in [4.69, 9.17) is 0 Å². The average molecular weight is 262 g/mol. The number of alkyl halides is 1. The molecule has 2 rings (SSSR count). The largest absolute Gasteiger partial charge is 0.351 e. The molecule has 0 amide bonds. The fraction of sp³-hybridized carbons (Fsp3) is 0.231. The Morgan fingerprint density at radius 1 is 1.33 bits per heavy atom. The van der Waals surface area contributed by atoms with Gasteiger partial charge in [0.1, 0.15) is 0 Å². The molecule has 1 nitrogen and oxygen atoms in total. The van der Waals surface area contributed by atoms with E-state index in [0.29, 0.717) is 0 Å². The summed E-state index contributed by atoms with van der Waals surface area (Å²) in [6.45, 7) is 0. The number of nitrogens with zero attached hydrogens (tertiary/aromatic N) is 1.